The molecule has 1 aliphatic heterocycles. The topological polar surface area (TPSA) is 75.4 Å². The van der Waals surface area contributed by atoms with Crippen LogP contribution in [0, 0.1) is 0 Å². The average molecular weight is 374 g/mol. The van der Waals surface area contributed by atoms with Gasteiger partial charge in [-0.25, -0.2) is 13.1 Å². The van der Waals surface area contributed by atoms with Crippen LogP contribution in [0.3, 0.4) is 0 Å². The van der Waals surface area contributed by atoms with Gasteiger partial charge in [0.1, 0.15) is 0 Å². The molecular formula is C14H20BrN3O2S. The van der Waals surface area contributed by atoms with Gasteiger partial charge in [0, 0.05) is 36.2 Å². The minimum atomic E-state index is -3.51. The van der Waals surface area contributed by atoms with Crippen LogP contribution >= 0.6 is 15.9 Å². The van der Waals surface area contributed by atoms with Crippen LogP contribution in [0.2, 0.25) is 0 Å². The lowest BCUT2D eigenvalue weighted by molar-refractivity contribution is 0.322. The molecule has 5 nitrogen and oxygen atoms in total. The van der Waals surface area contributed by atoms with Gasteiger partial charge in [-0.05, 0) is 52.9 Å². The van der Waals surface area contributed by atoms with Gasteiger partial charge in [0.15, 0.2) is 0 Å². The van der Waals surface area contributed by atoms with E-state index in [0.29, 0.717) is 17.1 Å². The quantitative estimate of drug-likeness (QED) is 0.818. The Morgan fingerprint density at radius 2 is 2.10 bits per heavy atom. The predicted molar refractivity (Wildman–Crippen MR) is 85.4 cm³/mol. The molecule has 1 aromatic carbocycles. The zero-order valence-corrected chi connectivity index (χ0v) is 14.2. The van der Waals surface area contributed by atoms with E-state index in [1.807, 2.05) is 6.07 Å². The first-order valence-electron chi connectivity index (χ1n) is 7.24. The number of benzene rings is 1. The fraction of sp³-hybridized carbons (Fsp3) is 0.571. The lowest BCUT2D eigenvalue weighted by Gasteiger charge is -2.16. The molecule has 7 heteroatoms. The Morgan fingerprint density at radius 1 is 1.33 bits per heavy atom. The van der Waals surface area contributed by atoms with Gasteiger partial charge in [-0.1, -0.05) is 6.07 Å². The highest BCUT2D eigenvalue weighted by Crippen LogP contribution is 2.30. The number of hydrogen-bond donors (Lipinski definition) is 2. The normalized spacial score (nSPS) is 23.6. The van der Waals surface area contributed by atoms with Gasteiger partial charge in [-0.3, -0.25) is 4.90 Å². The molecule has 1 heterocycles. The Hall–Kier alpha value is -0.470. The summed E-state index contributed by atoms with van der Waals surface area (Å²) >= 11 is 3.32. The molecule has 0 radical (unpaired) electrons. The lowest BCUT2D eigenvalue weighted by Crippen LogP contribution is -2.37. The fourth-order valence-electron chi connectivity index (χ4n) is 2.82. The third kappa shape index (κ3) is 3.48. The van der Waals surface area contributed by atoms with E-state index in [9.17, 15) is 8.42 Å². The highest BCUT2D eigenvalue weighted by molar-refractivity contribution is 9.10. The van der Waals surface area contributed by atoms with E-state index in [1.54, 1.807) is 12.1 Å². The molecule has 2 aliphatic rings. The molecule has 3 rings (SSSR count). The van der Waals surface area contributed by atoms with E-state index in [2.05, 4.69) is 25.6 Å². The second-order valence-corrected chi connectivity index (χ2v) is 8.34. The van der Waals surface area contributed by atoms with Crippen LogP contribution in [0.25, 0.3) is 0 Å². The number of nitrogens with one attached hydrogen (secondary N) is 1. The zero-order valence-electron chi connectivity index (χ0n) is 11.8. The summed E-state index contributed by atoms with van der Waals surface area (Å²) in [7, 11) is -3.51. The molecule has 0 spiro atoms. The second-order valence-electron chi connectivity index (χ2n) is 5.80. The van der Waals surface area contributed by atoms with Crippen LogP contribution in [0.5, 0.6) is 0 Å². The maximum atomic E-state index is 12.6. The van der Waals surface area contributed by atoms with Crippen molar-refractivity contribution in [2.45, 2.75) is 42.8 Å². The van der Waals surface area contributed by atoms with Crippen LogP contribution in [-0.2, 0) is 16.6 Å². The highest BCUT2D eigenvalue weighted by Gasteiger charge is 2.36. The molecule has 3 N–H and O–H groups in total. The molecule has 1 saturated carbocycles. The standard InChI is InChI=1S/C14H20BrN3O2S/c15-13-4-1-10(8-16)7-14(13)21(19,20)17-11-5-6-18(9-11)12-2-3-12/h1,4,7,11-12,17H,2-3,5-6,8-9,16H2. The summed E-state index contributed by atoms with van der Waals surface area (Å²) in [6.45, 7) is 2.13. The first-order valence-corrected chi connectivity index (χ1v) is 9.52. The summed E-state index contributed by atoms with van der Waals surface area (Å²) in [5.41, 5.74) is 6.41. The molecule has 0 aromatic heterocycles. The van der Waals surface area contributed by atoms with Crippen molar-refractivity contribution in [3.63, 3.8) is 0 Å². The van der Waals surface area contributed by atoms with E-state index >= 15 is 0 Å². The molecule has 116 valence electrons. The maximum absolute atomic E-state index is 12.6. The Morgan fingerprint density at radius 3 is 2.76 bits per heavy atom. The van der Waals surface area contributed by atoms with Gasteiger partial charge in [-0.2, -0.15) is 0 Å². The van der Waals surface area contributed by atoms with Gasteiger partial charge in [-0.15, -0.1) is 0 Å². The van der Waals surface area contributed by atoms with Gasteiger partial charge < -0.3 is 5.73 Å². The molecule has 0 amide bonds. The Balaban J connectivity index is 1.74. The summed E-state index contributed by atoms with van der Waals surface area (Å²) in [5.74, 6) is 0. The van der Waals surface area contributed by atoms with Crippen molar-refractivity contribution in [3.05, 3.63) is 28.2 Å². The lowest BCUT2D eigenvalue weighted by atomic mass is 10.2. The van der Waals surface area contributed by atoms with E-state index in [0.717, 1.165) is 25.1 Å². The van der Waals surface area contributed by atoms with Gasteiger partial charge in [0.05, 0.1) is 4.90 Å². The Labute approximate surface area is 134 Å². The zero-order chi connectivity index (χ0) is 15.0. The average Bonchev–Trinajstić information content (AvgIpc) is 3.20. The van der Waals surface area contributed by atoms with Gasteiger partial charge in [0.25, 0.3) is 0 Å². The van der Waals surface area contributed by atoms with Crippen LogP contribution in [0.15, 0.2) is 27.6 Å². The minimum Gasteiger partial charge on any atom is -0.326 e. The SMILES string of the molecule is NCc1ccc(Br)c(S(=O)(=O)NC2CCN(C3CC3)C2)c1. The summed E-state index contributed by atoms with van der Waals surface area (Å²) < 4.78 is 28.5. The van der Waals surface area contributed by atoms with Crippen molar-refractivity contribution >= 4 is 26.0 Å². The summed E-state index contributed by atoms with van der Waals surface area (Å²) in [4.78, 5) is 2.66. The number of halogens is 1. The van der Waals surface area contributed by atoms with E-state index in [1.165, 1.54) is 12.8 Å². The molecule has 1 unspecified atom stereocenters. The number of rotatable bonds is 5. The van der Waals surface area contributed by atoms with Crippen molar-refractivity contribution in [1.29, 1.82) is 0 Å². The molecule has 2 fully saturated rings. The van der Waals surface area contributed by atoms with Crippen LogP contribution < -0.4 is 10.5 Å². The van der Waals surface area contributed by atoms with Crippen molar-refractivity contribution in [2.75, 3.05) is 13.1 Å². The monoisotopic (exact) mass is 373 g/mol. The summed E-state index contributed by atoms with van der Waals surface area (Å²) in [6.07, 6.45) is 3.39. The van der Waals surface area contributed by atoms with Crippen LogP contribution in [0.4, 0.5) is 0 Å². The van der Waals surface area contributed by atoms with E-state index < -0.39 is 10.0 Å². The Bertz CT molecular complexity index is 631. The maximum Gasteiger partial charge on any atom is 0.241 e. The number of sulfonamides is 1. The van der Waals surface area contributed by atoms with Crippen LogP contribution in [-0.4, -0.2) is 38.5 Å². The predicted octanol–water partition coefficient (Wildman–Crippen LogP) is 1.42. The first-order chi connectivity index (χ1) is 9.99. The Kier molecular flexibility index (Phi) is 4.38. The van der Waals surface area contributed by atoms with Crippen molar-refractivity contribution in [1.82, 2.24) is 9.62 Å². The largest absolute Gasteiger partial charge is 0.326 e. The third-order valence-corrected chi connectivity index (χ3v) is 6.64. The smallest absolute Gasteiger partial charge is 0.241 e. The molecule has 1 aromatic rings. The van der Waals surface area contributed by atoms with Gasteiger partial charge >= 0.3 is 0 Å². The van der Waals surface area contributed by atoms with Crippen molar-refractivity contribution in [2.24, 2.45) is 5.73 Å². The molecule has 1 saturated heterocycles. The van der Waals surface area contributed by atoms with Crippen molar-refractivity contribution in [3.8, 4) is 0 Å². The van der Waals surface area contributed by atoms with E-state index in [4.69, 9.17) is 5.73 Å². The van der Waals surface area contributed by atoms with Crippen molar-refractivity contribution < 1.29 is 8.42 Å². The number of likely N-dealkylation sites (tertiary alicyclic amines) is 1. The number of hydrogen-bond acceptors (Lipinski definition) is 4. The second kappa shape index (κ2) is 5.96. The van der Waals surface area contributed by atoms with Crippen LogP contribution in [0.1, 0.15) is 24.8 Å². The molecular weight excluding hydrogens is 354 g/mol. The van der Waals surface area contributed by atoms with E-state index in [-0.39, 0.29) is 10.9 Å². The minimum absolute atomic E-state index is 0.00373. The molecule has 1 aliphatic carbocycles. The first kappa shape index (κ1) is 15.4. The fourth-order valence-corrected chi connectivity index (χ4v) is 5.09. The number of nitrogens with zero attached hydrogens (tertiary/aromatic N) is 1. The molecule has 21 heavy (non-hydrogen) atoms. The number of nitrogens with two attached hydrogens (primary N) is 1. The third-order valence-electron chi connectivity index (χ3n) is 4.13. The summed E-state index contributed by atoms with van der Waals surface area (Å²) in [5, 5.41) is 0. The molecule has 1 atom stereocenters. The van der Waals surface area contributed by atoms with Gasteiger partial charge in [0.2, 0.25) is 10.0 Å². The highest BCUT2D eigenvalue weighted by atomic mass is 79.9. The summed E-state index contributed by atoms with van der Waals surface area (Å²) in [6, 6.07) is 5.89. The molecule has 0 bridgehead atoms.